The predicted octanol–water partition coefficient (Wildman–Crippen LogP) is 4.05. The Labute approximate surface area is 103 Å². The third kappa shape index (κ3) is 23.0. The average Bonchev–Trinajstić information content (AvgIpc) is 2.36. The Morgan fingerprint density at radius 3 is 1.50 bits per heavy atom. The molecule has 0 atom stereocenters. The number of nitrogens with one attached hydrogen (secondary N) is 1. The first kappa shape index (κ1) is 20.1. The molecule has 0 heterocycles. The zero-order chi connectivity index (χ0) is 13.4. The molecule has 2 heteroatoms. The van der Waals surface area contributed by atoms with E-state index < -0.39 is 0 Å². The molecule has 0 aliphatic carbocycles. The quantitative estimate of drug-likeness (QED) is 0.712. The minimum absolute atomic E-state index is 0. The number of hydrogen-bond acceptors (Lipinski definition) is 1. The van der Waals surface area contributed by atoms with Crippen molar-refractivity contribution in [2.45, 2.75) is 41.5 Å². The van der Waals surface area contributed by atoms with E-state index in [1.807, 2.05) is 45.9 Å². The maximum atomic E-state index is 9.70. The normalized spacial score (nSPS) is 6.69. The van der Waals surface area contributed by atoms with Crippen LogP contribution in [-0.2, 0) is 4.79 Å². The van der Waals surface area contributed by atoms with Gasteiger partial charge in [-0.25, -0.2) is 0 Å². The van der Waals surface area contributed by atoms with Crippen LogP contribution in [0.25, 0.3) is 0 Å². The molecular formula is C14H29NO. The molecule has 0 unspecified atom stereocenters. The van der Waals surface area contributed by atoms with Gasteiger partial charge in [-0.3, -0.25) is 4.79 Å². The van der Waals surface area contributed by atoms with E-state index in [4.69, 9.17) is 0 Å². The molecule has 0 saturated carbocycles. The van der Waals surface area contributed by atoms with Gasteiger partial charge in [-0.05, 0) is 6.92 Å². The van der Waals surface area contributed by atoms with Crippen LogP contribution in [0, 0.1) is 6.92 Å². The Bertz CT molecular complexity index is 225. The van der Waals surface area contributed by atoms with Crippen LogP contribution < -0.4 is 5.32 Å². The first-order valence-corrected chi connectivity index (χ1v) is 5.86. The largest absolute Gasteiger partial charge is 0.359 e. The van der Waals surface area contributed by atoms with Crippen LogP contribution in [0.2, 0.25) is 0 Å². The van der Waals surface area contributed by atoms with Gasteiger partial charge in [0.05, 0.1) is 0 Å². The average molecular weight is 227 g/mol. The van der Waals surface area contributed by atoms with Gasteiger partial charge in [0.25, 0.3) is 0 Å². The van der Waals surface area contributed by atoms with Crippen LogP contribution >= 0.6 is 0 Å². The van der Waals surface area contributed by atoms with Crippen molar-refractivity contribution in [2.75, 3.05) is 7.05 Å². The first-order valence-electron chi connectivity index (χ1n) is 5.86. The topological polar surface area (TPSA) is 29.1 Å². The summed E-state index contributed by atoms with van der Waals surface area (Å²) in [5, 5.41) is 2.39. The molecule has 96 valence electrons. The molecule has 0 saturated heterocycles. The van der Waals surface area contributed by atoms with Crippen molar-refractivity contribution in [2.24, 2.45) is 0 Å². The summed E-state index contributed by atoms with van der Waals surface area (Å²) in [6, 6.07) is 10.3. The number of carbonyl (C=O) groups is 1. The van der Waals surface area contributed by atoms with Crippen molar-refractivity contribution in [3.8, 4) is 0 Å². The monoisotopic (exact) mass is 227 g/mol. The fourth-order valence-electron chi connectivity index (χ4n) is 0.534. The molecule has 1 aromatic rings. The number of carbonyl (C=O) groups excluding carboxylic acids is 1. The lowest BCUT2D eigenvalue weighted by Gasteiger charge is -1.82. The maximum absolute atomic E-state index is 9.70. The third-order valence-electron chi connectivity index (χ3n) is 1.29. The standard InChI is InChI=1S/C7H8.C3H7NO.2C2H6.H2/c1-7-5-3-2-4-6-7;1-3(5)4-2;2*1-2;/h2-6H,1H3;1-2H3,(H,4,5);2*1-2H3;1H. The molecule has 16 heavy (non-hydrogen) atoms. The molecule has 0 spiro atoms. The molecule has 0 bridgehead atoms. The Balaban J connectivity index is -0.0000000758. The van der Waals surface area contributed by atoms with Gasteiger partial charge in [0, 0.05) is 15.4 Å². The molecule has 2 nitrogen and oxygen atoms in total. The second-order valence-corrected chi connectivity index (χ2v) is 2.46. The van der Waals surface area contributed by atoms with Crippen LogP contribution in [0.3, 0.4) is 0 Å². The Hall–Kier alpha value is -1.31. The van der Waals surface area contributed by atoms with Crippen molar-refractivity contribution in [1.82, 2.24) is 5.32 Å². The highest BCUT2D eigenvalue weighted by Crippen LogP contribution is 1.92. The summed E-state index contributed by atoms with van der Waals surface area (Å²) in [6.07, 6.45) is 0. The molecule has 1 amide bonds. The van der Waals surface area contributed by atoms with Crippen molar-refractivity contribution in [3.63, 3.8) is 0 Å². The van der Waals surface area contributed by atoms with E-state index >= 15 is 0 Å². The van der Waals surface area contributed by atoms with E-state index in [2.05, 4.69) is 24.4 Å². The molecule has 0 aromatic heterocycles. The SMILES string of the molecule is CC.CC.CNC(C)=O.Cc1ccccc1.[HH]. The minimum Gasteiger partial charge on any atom is -0.359 e. The van der Waals surface area contributed by atoms with Crippen LogP contribution in [0.4, 0.5) is 0 Å². The Morgan fingerprint density at radius 2 is 1.38 bits per heavy atom. The highest BCUT2D eigenvalue weighted by molar-refractivity contribution is 5.72. The van der Waals surface area contributed by atoms with Crippen LogP contribution in [-0.4, -0.2) is 13.0 Å². The number of benzene rings is 1. The van der Waals surface area contributed by atoms with Crippen molar-refractivity contribution >= 4 is 5.91 Å². The zero-order valence-electron chi connectivity index (χ0n) is 11.8. The van der Waals surface area contributed by atoms with Gasteiger partial charge in [-0.1, -0.05) is 63.6 Å². The van der Waals surface area contributed by atoms with E-state index in [1.165, 1.54) is 12.5 Å². The summed E-state index contributed by atoms with van der Waals surface area (Å²) in [6.45, 7) is 11.6. The lowest BCUT2D eigenvalue weighted by Crippen LogP contribution is -2.11. The smallest absolute Gasteiger partial charge is 0.216 e. The summed E-state index contributed by atoms with van der Waals surface area (Å²) in [7, 11) is 1.60. The molecule has 1 N–H and O–H groups in total. The molecule has 1 aromatic carbocycles. The molecule has 0 radical (unpaired) electrons. The van der Waals surface area contributed by atoms with Gasteiger partial charge in [-0.2, -0.15) is 0 Å². The second-order valence-electron chi connectivity index (χ2n) is 2.46. The summed E-state index contributed by atoms with van der Waals surface area (Å²) in [5.74, 6) is 0.00463. The van der Waals surface area contributed by atoms with Gasteiger partial charge < -0.3 is 5.32 Å². The second kappa shape index (κ2) is 19.3. The number of rotatable bonds is 0. The van der Waals surface area contributed by atoms with Crippen molar-refractivity contribution in [1.29, 1.82) is 0 Å². The fourth-order valence-corrected chi connectivity index (χ4v) is 0.534. The molecular weight excluding hydrogens is 198 g/mol. The van der Waals surface area contributed by atoms with E-state index in [0.717, 1.165) is 0 Å². The van der Waals surface area contributed by atoms with Crippen LogP contribution in [0.5, 0.6) is 0 Å². The fraction of sp³-hybridized carbons (Fsp3) is 0.500. The summed E-state index contributed by atoms with van der Waals surface area (Å²) >= 11 is 0. The summed E-state index contributed by atoms with van der Waals surface area (Å²) in [5.41, 5.74) is 1.32. The number of hydrogen-bond donors (Lipinski definition) is 1. The van der Waals surface area contributed by atoms with Gasteiger partial charge in [0.1, 0.15) is 0 Å². The predicted molar refractivity (Wildman–Crippen MR) is 75.7 cm³/mol. The molecule has 0 aliphatic rings. The first-order chi connectivity index (χ1) is 7.66. The third-order valence-corrected chi connectivity index (χ3v) is 1.29. The molecule has 0 aliphatic heterocycles. The van der Waals surface area contributed by atoms with E-state index in [0.29, 0.717) is 0 Å². The number of aryl methyl sites for hydroxylation is 1. The summed E-state index contributed by atoms with van der Waals surface area (Å²) in [4.78, 5) is 9.70. The van der Waals surface area contributed by atoms with E-state index in [1.54, 1.807) is 7.05 Å². The molecule has 0 fully saturated rings. The van der Waals surface area contributed by atoms with Crippen LogP contribution in [0.15, 0.2) is 30.3 Å². The lowest BCUT2D eigenvalue weighted by molar-refractivity contribution is -0.118. The summed E-state index contributed by atoms with van der Waals surface area (Å²) < 4.78 is 0. The zero-order valence-corrected chi connectivity index (χ0v) is 11.8. The molecule has 1 rings (SSSR count). The Morgan fingerprint density at radius 1 is 1.06 bits per heavy atom. The minimum atomic E-state index is 0. The van der Waals surface area contributed by atoms with Gasteiger partial charge in [-0.15, -0.1) is 0 Å². The van der Waals surface area contributed by atoms with Gasteiger partial charge in [0.15, 0.2) is 0 Å². The highest BCUT2D eigenvalue weighted by Gasteiger charge is 1.73. The van der Waals surface area contributed by atoms with E-state index in [9.17, 15) is 4.79 Å². The van der Waals surface area contributed by atoms with Gasteiger partial charge >= 0.3 is 0 Å². The maximum Gasteiger partial charge on any atom is 0.216 e. The lowest BCUT2D eigenvalue weighted by atomic mass is 10.2. The van der Waals surface area contributed by atoms with E-state index in [-0.39, 0.29) is 7.33 Å². The van der Waals surface area contributed by atoms with Gasteiger partial charge in [0.2, 0.25) is 5.91 Å². The number of amides is 1. The van der Waals surface area contributed by atoms with Crippen molar-refractivity contribution in [3.05, 3.63) is 35.9 Å². The van der Waals surface area contributed by atoms with Crippen molar-refractivity contribution < 1.29 is 6.22 Å². The highest BCUT2D eigenvalue weighted by atomic mass is 16.1. The Kier molecular flexibility index (Phi) is 24.3. The van der Waals surface area contributed by atoms with Crippen LogP contribution in [0.1, 0.15) is 41.6 Å².